The van der Waals surface area contributed by atoms with Crippen LogP contribution in [0.15, 0.2) is 0 Å². The molecular formula is C44H90N4O2. The van der Waals surface area contributed by atoms with Crippen LogP contribution in [0.2, 0.25) is 0 Å². The minimum Gasteiger partial charge on any atom is -0.355 e. The van der Waals surface area contributed by atoms with Crippen molar-refractivity contribution in [2.75, 3.05) is 0 Å². The number of nitrogens with one attached hydrogen (secondary N) is 2. The van der Waals surface area contributed by atoms with Gasteiger partial charge in [-0.25, -0.2) is 0 Å². The van der Waals surface area contributed by atoms with Crippen LogP contribution in [0.1, 0.15) is 202 Å². The highest BCUT2D eigenvalue weighted by atomic mass is 16.2. The van der Waals surface area contributed by atoms with Crippen molar-refractivity contribution in [3.05, 3.63) is 0 Å². The second-order valence-electron chi connectivity index (χ2n) is 18.8. The molecule has 0 spiro atoms. The Bertz CT molecular complexity index is 998. The average Bonchev–Trinajstić information content (AvgIpc) is 3.04. The van der Waals surface area contributed by atoms with Crippen molar-refractivity contribution in [1.82, 2.24) is 10.6 Å². The topological polar surface area (TPSA) is 110 Å². The molecule has 6 atom stereocenters. The number of hydrogen-bond donors (Lipinski definition) is 4. The highest BCUT2D eigenvalue weighted by Gasteiger charge is 2.67. The molecule has 298 valence electrons. The van der Waals surface area contributed by atoms with Crippen molar-refractivity contribution in [1.29, 1.82) is 0 Å². The van der Waals surface area contributed by atoms with Gasteiger partial charge in [0.2, 0.25) is 12.3 Å². The second kappa shape index (κ2) is 19.3. The number of carbonyl (C=O) groups excluding carboxylic acids is 2. The van der Waals surface area contributed by atoms with Crippen LogP contribution in [0.25, 0.3) is 0 Å². The van der Waals surface area contributed by atoms with Crippen LogP contribution in [0.5, 0.6) is 0 Å². The summed E-state index contributed by atoms with van der Waals surface area (Å²) in [6.45, 7) is 40.7. The summed E-state index contributed by atoms with van der Waals surface area (Å²) in [5.74, 6) is -0.176. The Morgan fingerprint density at radius 2 is 1.10 bits per heavy atom. The second-order valence-corrected chi connectivity index (χ2v) is 18.8. The van der Waals surface area contributed by atoms with Crippen molar-refractivity contribution in [2.45, 2.75) is 225 Å². The van der Waals surface area contributed by atoms with E-state index in [-0.39, 0.29) is 57.5 Å². The van der Waals surface area contributed by atoms with Gasteiger partial charge in [-0.15, -0.1) is 0 Å². The van der Waals surface area contributed by atoms with Crippen molar-refractivity contribution in [3.8, 4) is 0 Å². The number of nitrogens with two attached hydrogens (primary N) is 2. The molecule has 0 heterocycles. The predicted octanol–water partition coefficient (Wildman–Crippen LogP) is 10.8. The van der Waals surface area contributed by atoms with Gasteiger partial charge in [0.15, 0.2) is 0 Å². The Labute approximate surface area is 313 Å². The molecule has 0 aliphatic carbocycles. The molecule has 0 saturated heterocycles. The quantitative estimate of drug-likeness (QED) is 0.0708. The first-order chi connectivity index (χ1) is 23.0. The smallest absolute Gasteiger partial charge is 0.224 e. The Balaban J connectivity index is 8.41. The number of amides is 2. The van der Waals surface area contributed by atoms with Gasteiger partial charge in [0.05, 0.1) is 0 Å². The Morgan fingerprint density at radius 1 is 0.660 bits per heavy atom. The Hall–Kier alpha value is -1.14. The van der Waals surface area contributed by atoms with Crippen molar-refractivity contribution >= 4 is 12.3 Å². The van der Waals surface area contributed by atoms with Crippen molar-refractivity contribution in [3.63, 3.8) is 0 Å². The molecule has 6 nitrogen and oxygen atoms in total. The van der Waals surface area contributed by atoms with Crippen LogP contribution in [0.3, 0.4) is 0 Å². The molecule has 6 unspecified atom stereocenters. The molecule has 0 fully saturated rings. The molecule has 6 heteroatoms. The van der Waals surface area contributed by atoms with E-state index in [1.807, 2.05) is 0 Å². The van der Waals surface area contributed by atoms with E-state index in [4.69, 9.17) is 11.5 Å². The lowest BCUT2D eigenvalue weighted by Gasteiger charge is -2.67. The van der Waals surface area contributed by atoms with E-state index >= 15 is 4.79 Å². The maximum atomic E-state index is 15.2. The highest BCUT2D eigenvalue weighted by molar-refractivity contribution is 5.81. The van der Waals surface area contributed by atoms with Gasteiger partial charge >= 0.3 is 0 Å². The zero-order valence-electron chi connectivity index (χ0n) is 36.9. The average molecular weight is 707 g/mol. The van der Waals surface area contributed by atoms with Gasteiger partial charge in [0, 0.05) is 35.0 Å². The summed E-state index contributed by atoms with van der Waals surface area (Å²) in [6, 6.07) is -0.603. The monoisotopic (exact) mass is 707 g/mol. The number of carbonyl (C=O) groups is 2. The minimum absolute atomic E-state index is 0.0527. The van der Waals surface area contributed by atoms with E-state index in [2.05, 4.69) is 135 Å². The first-order valence-corrected chi connectivity index (χ1v) is 21.0. The van der Waals surface area contributed by atoms with Crippen molar-refractivity contribution in [2.24, 2.45) is 55.8 Å². The van der Waals surface area contributed by atoms with Gasteiger partial charge in [-0.3, -0.25) is 9.59 Å². The van der Waals surface area contributed by atoms with Gasteiger partial charge in [-0.1, -0.05) is 123 Å². The van der Waals surface area contributed by atoms with Crippen LogP contribution < -0.4 is 22.1 Å². The van der Waals surface area contributed by atoms with Gasteiger partial charge in [0.1, 0.15) is 0 Å². The molecule has 0 radical (unpaired) electrons. The van der Waals surface area contributed by atoms with Gasteiger partial charge in [-0.05, 0) is 112 Å². The molecule has 2 amide bonds. The molecule has 0 aromatic rings. The van der Waals surface area contributed by atoms with E-state index in [1.54, 1.807) is 0 Å². The molecule has 0 rings (SSSR count). The molecule has 50 heavy (non-hydrogen) atoms. The van der Waals surface area contributed by atoms with Crippen LogP contribution in [-0.4, -0.2) is 36.0 Å². The van der Waals surface area contributed by atoms with Crippen LogP contribution in [0, 0.1) is 44.3 Å². The fraction of sp³-hybridized carbons (Fsp3) is 0.955. The molecule has 0 saturated carbocycles. The fourth-order valence-electron chi connectivity index (χ4n) is 12.2. The Kier molecular flexibility index (Phi) is 18.8. The maximum absolute atomic E-state index is 15.2. The summed E-state index contributed by atoms with van der Waals surface area (Å²) in [7, 11) is 0. The number of hydrogen-bond acceptors (Lipinski definition) is 4. The summed E-state index contributed by atoms with van der Waals surface area (Å²) in [5.41, 5.74) is 13.1. The normalized spacial score (nSPS) is 18.1. The molecule has 0 bridgehead atoms. The summed E-state index contributed by atoms with van der Waals surface area (Å²) in [4.78, 5) is 28.3. The van der Waals surface area contributed by atoms with E-state index in [0.717, 1.165) is 83.5 Å². The lowest BCUT2D eigenvalue weighted by Crippen LogP contribution is -2.73. The lowest BCUT2D eigenvalue weighted by molar-refractivity contribution is -0.173. The van der Waals surface area contributed by atoms with E-state index in [1.165, 1.54) is 0 Å². The van der Waals surface area contributed by atoms with Crippen LogP contribution in [-0.2, 0) is 9.59 Å². The summed E-state index contributed by atoms with van der Waals surface area (Å²) >= 11 is 0. The van der Waals surface area contributed by atoms with Gasteiger partial charge < -0.3 is 22.1 Å². The Morgan fingerprint density at radius 3 is 1.40 bits per heavy atom. The van der Waals surface area contributed by atoms with Crippen LogP contribution >= 0.6 is 0 Å². The standard InChI is InChI=1S/C44H90N4O2/c1-19-32(11)35(36(50)48-39(16,17)30-38(13,14)15)44(28-10,33(12)45)43(26-8,27-9)37(47-31-49)42(24-6,25-7)41(22-4,23-5)34(46)29-40(18,20-2)21-3/h31-35,37H,19-30,45-46H2,1-18H3,(H,47,49)(H,48,50). The molecular weight excluding hydrogens is 617 g/mol. The largest absolute Gasteiger partial charge is 0.355 e. The van der Waals surface area contributed by atoms with Gasteiger partial charge in [-0.2, -0.15) is 0 Å². The SMILES string of the molecule is CCC(C)C(C(=O)NC(C)(C)CC(C)(C)C)C(CC)(C(C)N)C(CC)(CC)C(NC=O)C(CC)(CC)C(CC)(CC)C(N)CC(C)(CC)CC. The van der Waals surface area contributed by atoms with E-state index < -0.39 is 16.4 Å². The zero-order valence-corrected chi connectivity index (χ0v) is 36.9. The summed E-state index contributed by atoms with van der Waals surface area (Å²) < 4.78 is 0. The molecule has 0 aromatic heterocycles. The first kappa shape index (κ1) is 48.9. The van der Waals surface area contributed by atoms with Crippen molar-refractivity contribution < 1.29 is 9.59 Å². The first-order valence-electron chi connectivity index (χ1n) is 21.0. The fourth-order valence-corrected chi connectivity index (χ4v) is 12.2. The maximum Gasteiger partial charge on any atom is 0.224 e. The van der Waals surface area contributed by atoms with Gasteiger partial charge in [0.25, 0.3) is 0 Å². The predicted molar refractivity (Wildman–Crippen MR) is 219 cm³/mol. The zero-order chi connectivity index (χ0) is 39.6. The molecule has 0 aliphatic rings. The molecule has 0 aromatic carbocycles. The summed E-state index contributed by atoms with van der Waals surface area (Å²) in [5, 5.41) is 7.17. The summed E-state index contributed by atoms with van der Waals surface area (Å²) in [6.07, 6.45) is 11.7. The van der Waals surface area contributed by atoms with E-state index in [0.29, 0.717) is 0 Å². The molecule has 0 aliphatic heterocycles. The van der Waals surface area contributed by atoms with Crippen LogP contribution in [0.4, 0.5) is 0 Å². The third-order valence-electron chi connectivity index (χ3n) is 15.1. The molecule has 6 N–H and O–H groups in total. The third kappa shape index (κ3) is 9.31. The van der Waals surface area contributed by atoms with E-state index in [9.17, 15) is 4.79 Å². The highest BCUT2D eigenvalue weighted by Crippen LogP contribution is 2.66. The lowest BCUT2D eigenvalue weighted by atomic mass is 9.39. The third-order valence-corrected chi connectivity index (χ3v) is 15.1. The minimum atomic E-state index is -0.622. The number of rotatable bonds is 25.